The molecule has 1 atom stereocenters. The first kappa shape index (κ1) is 13.6. The van der Waals surface area contributed by atoms with Crippen molar-refractivity contribution >= 4 is 23.2 Å². The number of quaternary nitrogens is 1. The number of carbonyl (C=O) groups excluding carboxylic acids is 1. The van der Waals surface area contributed by atoms with Gasteiger partial charge in [-0.2, -0.15) is 0 Å². The van der Waals surface area contributed by atoms with Crippen LogP contribution < -0.4 is 10.6 Å². The maximum absolute atomic E-state index is 11.8. The highest BCUT2D eigenvalue weighted by molar-refractivity contribution is 6.30. The van der Waals surface area contributed by atoms with Crippen molar-refractivity contribution in [2.45, 2.75) is 13.0 Å². The first-order valence-electron chi connectivity index (χ1n) is 6.07. The molecule has 1 amide bonds. The number of nitrogens with one attached hydrogen (secondary N) is 1. The van der Waals surface area contributed by atoms with E-state index >= 15 is 0 Å². The fourth-order valence-corrected chi connectivity index (χ4v) is 1.82. The molecule has 0 saturated carbocycles. The third-order valence-corrected chi connectivity index (χ3v) is 3.03. The Kier molecular flexibility index (Phi) is 4.60. The summed E-state index contributed by atoms with van der Waals surface area (Å²) in [5.74, 6) is 0.806. The average Bonchev–Trinajstić information content (AvgIpc) is 2.93. The van der Waals surface area contributed by atoms with Gasteiger partial charge in [0.2, 0.25) is 0 Å². The molecule has 0 unspecified atom stereocenters. The summed E-state index contributed by atoms with van der Waals surface area (Å²) in [5.41, 5.74) is 0.744. The molecule has 0 saturated heterocycles. The van der Waals surface area contributed by atoms with E-state index in [2.05, 4.69) is 5.32 Å². The van der Waals surface area contributed by atoms with Gasteiger partial charge in [0, 0.05) is 10.7 Å². The minimum absolute atomic E-state index is 0.0549. The lowest BCUT2D eigenvalue weighted by Gasteiger charge is -2.08. The third-order valence-electron chi connectivity index (χ3n) is 2.78. The van der Waals surface area contributed by atoms with Crippen LogP contribution in [0, 0.1) is 0 Å². The van der Waals surface area contributed by atoms with Crippen LogP contribution >= 0.6 is 11.6 Å². The molecule has 1 heterocycles. The molecule has 0 aliphatic heterocycles. The van der Waals surface area contributed by atoms with Crippen LogP contribution in [0.4, 0.5) is 5.69 Å². The standard InChI is InChI=1S/C14H15ClN2O2/c1-10(13-3-2-8-19-13)16-9-14(18)17-12-6-4-11(15)5-7-12/h2-8,10,16H,9H2,1H3,(H,17,18)/p+1/t10-/m0/s1. The topological polar surface area (TPSA) is 58.9 Å². The van der Waals surface area contributed by atoms with E-state index in [0.29, 0.717) is 11.6 Å². The number of nitrogens with two attached hydrogens (primary N) is 1. The molecule has 0 spiro atoms. The molecule has 0 bridgehead atoms. The zero-order chi connectivity index (χ0) is 13.7. The molecule has 1 aromatic carbocycles. The summed E-state index contributed by atoms with van der Waals surface area (Å²) < 4.78 is 5.28. The molecule has 2 rings (SSSR count). The number of hydrogen-bond donors (Lipinski definition) is 2. The Morgan fingerprint density at radius 1 is 1.37 bits per heavy atom. The van der Waals surface area contributed by atoms with Crippen molar-refractivity contribution in [3.63, 3.8) is 0 Å². The molecule has 100 valence electrons. The van der Waals surface area contributed by atoms with E-state index in [0.717, 1.165) is 11.4 Å². The van der Waals surface area contributed by atoms with E-state index in [-0.39, 0.29) is 11.9 Å². The average molecular weight is 280 g/mol. The summed E-state index contributed by atoms with van der Waals surface area (Å²) in [6.45, 7) is 2.33. The number of furan rings is 1. The van der Waals surface area contributed by atoms with Crippen LogP contribution in [0.15, 0.2) is 47.1 Å². The fourth-order valence-electron chi connectivity index (χ4n) is 1.70. The second-order valence-electron chi connectivity index (χ2n) is 4.30. The summed E-state index contributed by atoms with van der Waals surface area (Å²) in [6.07, 6.45) is 1.63. The summed E-state index contributed by atoms with van der Waals surface area (Å²) in [5, 5.41) is 5.38. The first-order valence-corrected chi connectivity index (χ1v) is 6.45. The number of anilines is 1. The van der Waals surface area contributed by atoms with Crippen molar-refractivity contribution in [3.8, 4) is 0 Å². The number of rotatable bonds is 5. The van der Waals surface area contributed by atoms with E-state index in [4.69, 9.17) is 16.0 Å². The van der Waals surface area contributed by atoms with Gasteiger partial charge in [-0.05, 0) is 43.3 Å². The van der Waals surface area contributed by atoms with Crippen LogP contribution in [-0.4, -0.2) is 12.5 Å². The van der Waals surface area contributed by atoms with Crippen molar-refractivity contribution in [1.82, 2.24) is 0 Å². The Bertz CT molecular complexity index is 523. The van der Waals surface area contributed by atoms with Gasteiger partial charge in [0.25, 0.3) is 5.91 Å². The van der Waals surface area contributed by atoms with Gasteiger partial charge in [-0.25, -0.2) is 0 Å². The maximum Gasteiger partial charge on any atom is 0.279 e. The molecule has 2 aromatic rings. The van der Waals surface area contributed by atoms with Crippen LogP contribution in [0.3, 0.4) is 0 Å². The normalized spacial score (nSPS) is 12.1. The Morgan fingerprint density at radius 2 is 2.11 bits per heavy atom. The lowest BCUT2D eigenvalue weighted by Crippen LogP contribution is -2.86. The van der Waals surface area contributed by atoms with Crippen LogP contribution in [0.25, 0.3) is 0 Å². The summed E-state index contributed by atoms with van der Waals surface area (Å²) >= 11 is 5.78. The van der Waals surface area contributed by atoms with E-state index in [1.54, 1.807) is 30.5 Å². The molecule has 4 nitrogen and oxygen atoms in total. The first-order chi connectivity index (χ1) is 9.15. The molecule has 1 aromatic heterocycles. The lowest BCUT2D eigenvalue weighted by atomic mass is 10.2. The van der Waals surface area contributed by atoms with Gasteiger partial charge in [0.15, 0.2) is 12.3 Å². The number of hydrogen-bond acceptors (Lipinski definition) is 2. The Balaban J connectivity index is 1.80. The van der Waals surface area contributed by atoms with E-state index in [1.165, 1.54) is 0 Å². The minimum Gasteiger partial charge on any atom is -0.463 e. The number of benzene rings is 1. The van der Waals surface area contributed by atoms with Gasteiger partial charge >= 0.3 is 0 Å². The van der Waals surface area contributed by atoms with Crippen molar-refractivity contribution in [2.75, 3.05) is 11.9 Å². The van der Waals surface area contributed by atoms with Crippen molar-refractivity contribution < 1.29 is 14.5 Å². The third kappa shape index (κ3) is 4.12. The molecule has 19 heavy (non-hydrogen) atoms. The Labute approximate surface area is 116 Å². The summed E-state index contributed by atoms with van der Waals surface area (Å²) in [4.78, 5) is 11.8. The van der Waals surface area contributed by atoms with Gasteiger partial charge in [0.1, 0.15) is 6.04 Å². The van der Waals surface area contributed by atoms with Crippen molar-refractivity contribution in [1.29, 1.82) is 0 Å². The molecule has 0 fully saturated rings. The Hall–Kier alpha value is -1.78. The molecular formula is C14H16ClN2O2+. The highest BCUT2D eigenvalue weighted by Crippen LogP contribution is 2.13. The molecule has 0 aliphatic rings. The monoisotopic (exact) mass is 279 g/mol. The predicted molar refractivity (Wildman–Crippen MR) is 74.0 cm³/mol. The molecule has 0 radical (unpaired) electrons. The minimum atomic E-state index is -0.0549. The predicted octanol–water partition coefficient (Wildman–Crippen LogP) is 2.20. The van der Waals surface area contributed by atoms with E-state index < -0.39 is 0 Å². The van der Waals surface area contributed by atoms with E-state index in [1.807, 2.05) is 24.4 Å². The smallest absolute Gasteiger partial charge is 0.279 e. The van der Waals surface area contributed by atoms with Gasteiger partial charge in [-0.3, -0.25) is 4.79 Å². The second kappa shape index (κ2) is 6.41. The molecule has 5 heteroatoms. The molecule has 0 aliphatic carbocycles. The SMILES string of the molecule is C[C@H]([NH2+]CC(=O)Nc1ccc(Cl)cc1)c1ccco1. The van der Waals surface area contributed by atoms with Crippen molar-refractivity contribution in [3.05, 3.63) is 53.4 Å². The van der Waals surface area contributed by atoms with Gasteiger partial charge < -0.3 is 15.1 Å². The van der Waals surface area contributed by atoms with Crippen molar-refractivity contribution in [2.24, 2.45) is 0 Å². The van der Waals surface area contributed by atoms with Gasteiger partial charge in [-0.1, -0.05) is 11.6 Å². The highest BCUT2D eigenvalue weighted by atomic mass is 35.5. The lowest BCUT2D eigenvalue weighted by molar-refractivity contribution is -0.684. The zero-order valence-electron chi connectivity index (χ0n) is 10.6. The van der Waals surface area contributed by atoms with Gasteiger partial charge in [-0.15, -0.1) is 0 Å². The van der Waals surface area contributed by atoms with Crippen LogP contribution in [-0.2, 0) is 4.79 Å². The second-order valence-corrected chi connectivity index (χ2v) is 4.74. The van der Waals surface area contributed by atoms with Crippen LogP contribution in [0.5, 0.6) is 0 Å². The van der Waals surface area contributed by atoms with Gasteiger partial charge in [0.05, 0.1) is 6.26 Å². The zero-order valence-corrected chi connectivity index (χ0v) is 11.4. The van der Waals surface area contributed by atoms with E-state index in [9.17, 15) is 4.79 Å². The number of halogens is 1. The maximum atomic E-state index is 11.8. The molecular weight excluding hydrogens is 264 g/mol. The quantitative estimate of drug-likeness (QED) is 0.881. The fraction of sp³-hybridized carbons (Fsp3) is 0.214. The summed E-state index contributed by atoms with van der Waals surface area (Å²) in [7, 11) is 0. The highest BCUT2D eigenvalue weighted by Gasteiger charge is 2.13. The summed E-state index contributed by atoms with van der Waals surface area (Å²) in [6, 6.07) is 10.9. The van der Waals surface area contributed by atoms with Crippen LogP contribution in [0.2, 0.25) is 5.02 Å². The Morgan fingerprint density at radius 3 is 2.74 bits per heavy atom. The largest absolute Gasteiger partial charge is 0.463 e. The molecule has 3 N–H and O–H groups in total. The number of carbonyl (C=O) groups is 1. The number of amides is 1. The van der Waals surface area contributed by atoms with Crippen LogP contribution in [0.1, 0.15) is 18.7 Å².